The van der Waals surface area contributed by atoms with Gasteiger partial charge in [0.1, 0.15) is 6.10 Å². The average Bonchev–Trinajstić information content (AvgIpc) is 2.46. The van der Waals surface area contributed by atoms with Gasteiger partial charge in [0, 0.05) is 3.57 Å². The Balaban J connectivity index is 2.27. The Kier molecular flexibility index (Phi) is 3.09. The lowest BCUT2D eigenvalue weighted by Gasteiger charge is -2.14. The summed E-state index contributed by atoms with van der Waals surface area (Å²) in [5, 5.41) is 0. The second kappa shape index (κ2) is 4.16. The largest absolute Gasteiger partial charge is 0.347 e. The van der Waals surface area contributed by atoms with Gasteiger partial charge in [0.05, 0.1) is 6.10 Å². The lowest BCUT2D eigenvalue weighted by molar-refractivity contribution is -0.0475. The fraction of sp³-hybridized carbons (Fsp3) is 0.364. The van der Waals surface area contributed by atoms with Gasteiger partial charge in [0.2, 0.25) is 0 Å². The van der Waals surface area contributed by atoms with Gasteiger partial charge >= 0.3 is 0 Å². The van der Waals surface area contributed by atoms with Gasteiger partial charge < -0.3 is 9.47 Å². The molecule has 0 aliphatic carbocycles. The molecule has 0 bridgehead atoms. The molecule has 1 fully saturated rings. The van der Waals surface area contributed by atoms with E-state index in [4.69, 9.17) is 9.47 Å². The molecule has 0 aromatic heterocycles. The molecular weight excluding hydrogens is 291 g/mol. The van der Waals surface area contributed by atoms with Crippen molar-refractivity contribution in [2.24, 2.45) is 0 Å². The zero-order valence-corrected chi connectivity index (χ0v) is 10.1. The van der Waals surface area contributed by atoms with Crippen LogP contribution in [0.4, 0.5) is 0 Å². The minimum Gasteiger partial charge on any atom is -0.347 e. The van der Waals surface area contributed by atoms with Crippen molar-refractivity contribution in [1.29, 1.82) is 0 Å². The first-order valence-electron chi connectivity index (χ1n) is 4.57. The molecule has 1 radical (unpaired) electrons. The van der Waals surface area contributed by atoms with Crippen molar-refractivity contribution in [2.45, 2.75) is 25.4 Å². The van der Waals surface area contributed by atoms with Crippen molar-refractivity contribution in [3.8, 4) is 0 Å². The predicted octanol–water partition coefficient (Wildman–Crippen LogP) is 2.93. The van der Waals surface area contributed by atoms with Crippen molar-refractivity contribution in [3.05, 3.63) is 40.3 Å². The van der Waals surface area contributed by atoms with E-state index in [1.54, 1.807) is 0 Å². The van der Waals surface area contributed by atoms with Crippen LogP contribution in [0.2, 0.25) is 0 Å². The van der Waals surface area contributed by atoms with E-state index >= 15 is 0 Å². The molecule has 14 heavy (non-hydrogen) atoms. The van der Waals surface area contributed by atoms with Crippen molar-refractivity contribution in [1.82, 2.24) is 0 Å². The Morgan fingerprint density at radius 3 is 2.57 bits per heavy atom. The molecule has 2 rings (SSSR count). The third-order valence-corrected chi connectivity index (χ3v) is 3.24. The van der Waals surface area contributed by atoms with E-state index in [0.29, 0.717) is 0 Å². The summed E-state index contributed by atoms with van der Waals surface area (Å²) in [7, 11) is 0. The Bertz CT molecular complexity index is 327. The van der Waals surface area contributed by atoms with E-state index in [1.165, 1.54) is 3.57 Å². The average molecular weight is 303 g/mol. The molecule has 0 saturated carbocycles. The lowest BCUT2D eigenvalue weighted by atomic mass is 10.1. The molecule has 75 valence electrons. The van der Waals surface area contributed by atoms with Crippen LogP contribution < -0.4 is 0 Å². The minimum atomic E-state index is -0.154. The molecule has 3 atom stereocenters. The number of hydrogen-bond donors (Lipinski definition) is 0. The van der Waals surface area contributed by atoms with E-state index < -0.39 is 0 Å². The first-order valence-corrected chi connectivity index (χ1v) is 5.65. The van der Waals surface area contributed by atoms with Gasteiger partial charge in [-0.15, -0.1) is 0 Å². The summed E-state index contributed by atoms with van der Waals surface area (Å²) in [6.07, 6.45) is -0.294. The van der Waals surface area contributed by atoms with Crippen molar-refractivity contribution in [2.75, 3.05) is 0 Å². The smallest absolute Gasteiger partial charge is 0.156 e. The van der Waals surface area contributed by atoms with E-state index in [-0.39, 0.29) is 18.5 Å². The van der Waals surface area contributed by atoms with Crippen LogP contribution >= 0.6 is 22.6 Å². The standard InChI is InChI=1S/C11H12IO2/c1-7-11(14-8(2)13-7)9-5-3-4-6-10(9)12/h3-8,11H,1H2,2H3. The molecule has 1 aromatic carbocycles. The first-order chi connectivity index (χ1) is 6.68. The molecule has 1 aliphatic heterocycles. The third kappa shape index (κ3) is 1.94. The van der Waals surface area contributed by atoms with Gasteiger partial charge in [0.15, 0.2) is 6.29 Å². The maximum atomic E-state index is 5.65. The van der Waals surface area contributed by atoms with E-state index in [0.717, 1.165) is 5.56 Å². The zero-order valence-electron chi connectivity index (χ0n) is 7.94. The Morgan fingerprint density at radius 2 is 2.00 bits per heavy atom. The van der Waals surface area contributed by atoms with Gasteiger partial charge in [-0.05, 0) is 48.1 Å². The molecule has 1 aliphatic rings. The van der Waals surface area contributed by atoms with E-state index in [9.17, 15) is 0 Å². The summed E-state index contributed by atoms with van der Waals surface area (Å²) in [6.45, 7) is 5.83. The molecule has 1 aromatic rings. The molecule has 1 heterocycles. The normalized spacial score (nSPS) is 32.1. The first kappa shape index (κ1) is 10.4. The van der Waals surface area contributed by atoms with Crippen molar-refractivity contribution < 1.29 is 9.47 Å². The molecule has 1 saturated heterocycles. The molecule has 0 spiro atoms. The highest BCUT2D eigenvalue weighted by atomic mass is 127. The van der Waals surface area contributed by atoms with Crippen molar-refractivity contribution in [3.63, 3.8) is 0 Å². The van der Waals surface area contributed by atoms with Crippen LogP contribution in [0.15, 0.2) is 24.3 Å². The van der Waals surface area contributed by atoms with E-state index in [2.05, 4.69) is 41.6 Å². The topological polar surface area (TPSA) is 18.5 Å². The SMILES string of the molecule is [CH2]C1OC(C)OC1c1ccccc1I. The fourth-order valence-electron chi connectivity index (χ4n) is 1.62. The molecule has 0 N–H and O–H groups in total. The maximum Gasteiger partial charge on any atom is 0.156 e. The summed E-state index contributed by atoms with van der Waals surface area (Å²) in [4.78, 5) is 0. The van der Waals surface area contributed by atoms with Crippen LogP contribution in [-0.2, 0) is 9.47 Å². The number of hydrogen-bond acceptors (Lipinski definition) is 2. The number of benzene rings is 1. The number of ether oxygens (including phenoxy) is 2. The van der Waals surface area contributed by atoms with Gasteiger partial charge in [-0.3, -0.25) is 0 Å². The summed E-state index contributed by atoms with van der Waals surface area (Å²) in [5.41, 5.74) is 1.16. The van der Waals surface area contributed by atoms with Gasteiger partial charge in [-0.2, -0.15) is 0 Å². The Morgan fingerprint density at radius 1 is 1.29 bits per heavy atom. The maximum absolute atomic E-state index is 5.65. The molecule has 0 amide bonds. The lowest BCUT2D eigenvalue weighted by Crippen LogP contribution is -2.11. The van der Waals surface area contributed by atoms with Gasteiger partial charge in [0.25, 0.3) is 0 Å². The van der Waals surface area contributed by atoms with Crippen LogP contribution in [0.3, 0.4) is 0 Å². The summed E-state index contributed by atoms with van der Waals surface area (Å²) in [6, 6.07) is 8.15. The van der Waals surface area contributed by atoms with Gasteiger partial charge in [-0.1, -0.05) is 18.2 Å². The predicted molar refractivity (Wildman–Crippen MR) is 62.7 cm³/mol. The summed E-state index contributed by atoms with van der Waals surface area (Å²) >= 11 is 2.30. The van der Waals surface area contributed by atoms with Gasteiger partial charge in [-0.25, -0.2) is 0 Å². The molecule has 2 nitrogen and oxygen atoms in total. The Labute approximate surface area is 97.7 Å². The highest BCUT2D eigenvalue weighted by Gasteiger charge is 2.32. The highest BCUT2D eigenvalue weighted by Crippen LogP contribution is 2.33. The molecule has 3 heteroatoms. The van der Waals surface area contributed by atoms with Crippen LogP contribution in [0.1, 0.15) is 18.6 Å². The molecular formula is C11H12IO2. The second-order valence-electron chi connectivity index (χ2n) is 3.32. The molecule has 3 unspecified atom stereocenters. The van der Waals surface area contributed by atoms with E-state index in [1.807, 2.05) is 19.1 Å². The second-order valence-corrected chi connectivity index (χ2v) is 4.48. The quantitative estimate of drug-likeness (QED) is 0.743. The Hall–Kier alpha value is -0.130. The van der Waals surface area contributed by atoms with Crippen LogP contribution in [-0.4, -0.2) is 12.4 Å². The van der Waals surface area contributed by atoms with Crippen LogP contribution in [0.5, 0.6) is 0 Å². The summed E-state index contributed by atoms with van der Waals surface area (Å²) in [5.74, 6) is 0. The van der Waals surface area contributed by atoms with Crippen LogP contribution in [0.25, 0.3) is 0 Å². The number of rotatable bonds is 1. The highest BCUT2D eigenvalue weighted by molar-refractivity contribution is 14.1. The number of halogens is 1. The summed E-state index contributed by atoms with van der Waals surface area (Å²) < 4.78 is 12.3. The fourth-order valence-corrected chi connectivity index (χ4v) is 2.32. The monoisotopic (exact) mass is 303 g/mol. The van der Waals surface area contributed by atoms with Crippen LogP contribution in [0, 0.1) is 10.5 Å². The zero-order chi connectivity index (χ0) is 10.1. The minimum absolute atomic E-state index is 0.0295. The third-order valence-electron chi connectivity index (χ3n) is 2.25. The van der Waals surface area contributed by atoms with Crippen molar-refractivity contribution >= 4 is 22.6 Å².